The Balaban J connectivity index is 1.36. The number of nitrogens with one attached hydrogen (secondary N) is 1. The molecular weight excluding hydrogens is 420 g/mol. The van der Waals surface area contributed by atoms with Crippen molar-refractivity contribution in [2.75, 3.05) is 25.5 Å². The highest BCUT2D eigenvalue weighted by Crippen LogP contribution is 2.35. The molecule has 1 saturated heterocycles. The van der Waals surface area contributed by atoms with Crippen LogP contribution in [0.1, 0.15) is 48.5 Å². The van der Waals surface area contributed by atoms with E-state index in [0.29, 0.717) is 12.0 Å². The van der Waals surface area contributed by atoms with E-state index in [1.807, 2.05) is 31.6 Å². The number of likely N-dealkylation sites (tertiary alicyclic amines) is 1. The summed E-state index contributed by atoms with van der Waals surface area (Å²) in [5, 5.41) is 13.3. The molecule has 34 heavy (non-hydrogen) atoms. The van der Waals surface area contributed by atoms with Crippen LogP contribution in [0, 0.1) is 11.3 Å². The third-order valence-corrected chi connectivity index (χ3v) is 7.31. The van der Waals surface area contributed by atoms with Crippen molar-refractivity contribution in [3.63, 3.8) is 0 Å². The molecule has 0 saturated carbocycles. The van der Waals surface area contributed by atoms with E-state index in [2.05, 4.69) is 76.2 Å². The molecule has 6 heteroatoms. The largest absolute Gasteiger partial charge is 0.387 e. The van der Waals surface area contributed by atoms with Gasteiger partial charge in [-0.05, 0) is 80.7 Å². The van der Waals surface area contributed by atoms with Gasteiger partial charge in [-0.3, -0.25) is 9.88 Å². The van der Waals surface area contributed by atoms with Crippen LogP contribution in [-0.2, 0) is 7.05 Å². The molecule has 6 nitrogen and oxygen atoms in total. The molecule has 0 amide bonds. The van der Waals surface area contributed by atoms with Crippen molar-refractivity contribution in [1.29, 1.82) is 5.26 Å². The Hall–Kier alpha value is -3.69. The molecule has 172 valence electrons. The number of nitriles is 1. The lowest BCUT2D eigenvalue weighted by Crippen LogP contribution is -2.35. The van der Waals surface area contributed by atoms with Gasteiger partial charge in [0, 0.05) is 43.0 Å². The number of aryl methyl sites for hydroxylation is 1. The molecule has 4 aromatic rings. The van der Waals surface area contributed by atoms with Crippen LogP contribution in [0.2, 0.25) is 0 Å². The fourth-order valence-electron chi connectivity index (χ4n) is 5.20. The third kappa shape index (κ3) is 4.04. The summed E-state index contributed by atoms with van der Waals surface area (Å²) >= 11 is 0. The summed E-state index contributed by atoms with van der Waals surface area (Å²) in [6.07, 6.45) is 6.01. The number of rotatable bonds is 5. The molecule has 0 spiro atoms. The third-order valence-electron chi connectivity index (χ3n) is 7.31. The molecular formula is C28H30N6. The van der Waals surface area contributed by atoms with Crippen LogP contribution < -0.4 is 5.32 Å². The van der Waals surface area contributed by atoms with Gasteiger partial charge in [0.15, 0.2) is 0 Å². The van der Waals surface area contributed by atoms with Crippen LogP contribution in [0.25, 0.3) is 22.3 Å². The summed E-state index contributed by atoms with van der Waals surface area (Å²) < 4.78 is 2.23. The number of fused-ring (bicyclic) bond motifs is 1. The molecule has 5 rings (SSSR count). The molecule has 0 bridgehead atoms. The van der Waals surface area contributed by atoms with Crippen molar-refractivity contribution in [2.24, 2.45) is 7.05 Å². The highest BCUT2D eigenvalue weighted by molar-refractivity contribution is 5.93. The minimum atomic E-state index is 0.300. The number of pyridine rings is 2. The van der Waals surface area contributed by atoms with Gasteiger partial charge in [-0.15, -0.1) is 0 Å². The first-order chi connectivity index (χ1) is 16.6. The lowest BCUT2D eigenvalue weighted by Gasteiger charge is -2.36. The second-order valence-corrected chi connectivity index (χ2v) is 9.13. The number of nitrogens with zero attached hydrogens (tertiary/aromatic N) is 5. The fourth-order valence-corrected chi connectivity index (χ4v) is 5.20. The van der Waals surface area contributed by atoms with E-state index >= 15 is 0 Å². The van der Waals surface area contributed by atoms with Gasteiger partial charge in [-0.25, -0.2) is 4.98 Å². The van der Waals surface area contributed by atoms with Crippen LogP contribution in [0.4, 0.5) is 5.69 Å². The van der Waals surface area contributed by atoms with Crippen molar-refractivity contribution in [1.82, 2.24) is 19.4 Å². The minimum absolute atomic E-state index is 0.300. The number of hydrogen-bond acceptors (Lipinski definition) is 5. The molecule has 1 aliphatic heterocycles. The van der Waals surface area contributed by atoms with Crippen LogP contribution in [0.5, 0.6) is 0 Å². The van der Waals surface area contributed by atoms with Gasteiger partial charge in [0.2, 0.25) is 0 Å². The Labute approximate surface area is 200 Å². The molecule has 1 N–H and O–H groups in total. The minimum Gasteiger partial charge on any atom is -0.387 e. The summed E-state index contributed by atoms with van der Waals surface area (Å²) in [6, 6.07) is 19.1. The van der Waals surface area contributed by atoms with E-state index < -0.39 is 0 Å². The topological polar surface area (TPSA) is 69.8 Å². The second-order valence-electron chi connectivity index (χ2n) is 9.13. The zero-order valence-electron chi connectivity index (χ0n) is 20.0. The smallest absolute Gasteiger partial charge is 0.140 e. The van der Waals surface area contributed by atoms with Gasteiger partial charge in [-0.1, -0.05) is 12.1 Å². The maximum atomic E-state index is 9.05. The monoisotopic (exact) mass is 450 g/mol. The second kappa shape index (κ2) is 9.28. The molecule has 4 heterocycles. The Kier molecular flexibility index (Phi) is 6.04. The molecule has 0 aliphatic carbocycles. The van der Waals surface area contributed by atoms with E-state index in [0.717, 1.165) is 59.5 Å². The summed E-state index contributed by atoms with van der Waals surface area (Å²) in [5.41, 5.74) is 7.42. The normalized spacial score (nSPS) is 15.8. The van der Waals surface area contributed by atoms with Crippen molar-refractivity contribution >= 4 is 16.7 Å². The van der Waals surface area contributed by atoms with Crippen molar-refractivity contribution < 1.29 is 0 Å². The van der Waals surface area contributed by atoms with Crippen LogP contribution in [0.15, 0.2) is 60.9 Å². The number of piperidine rings is 1. The van der Waals surface area contributed by atoms with Gasteiger partial charge in [0.25, 0.3) is 0 Å². The maximum absolute atomic E-state index is 9.05. The first-order valence-electron chi connectivity index (χ1n) is 11.9. The summed E-state index contributed by atoms with van der Waals surface area (Å²) in [5.74, 6) is 0.559. The van der Waals surface area contributed by atoms with E-state index in [1.54, 1.807) is 0 Å². The summed E-state index contributed by atoms with van der Waals surface area (Å²) in [4.78, 5) is 11.9. The number of hydrogen-bond donors (Lipinski definition) is 1. The summed E-state index contributed by atoms with van der Waals surface area (Å²) in [6.45, 7) is 4.41. The predicted molar refractivity (Wildman–Crippen MR) is 137 cm³/mol. The van der Waals surface area contributed by atoms with Gasteiger partial charge >= 0.3 is 0 Å². The van der Waals surface area contributed by atoms with Crippen molar-refractivity contribution in [3.05, 3.63) is 77.7 Å². The Morgan fingerprint density at radius 2 is 1.82 bits per heavy atom. The Morgan fingerprint density at radius 1 is 1.06 bits per heavy atom. The lowest BCUT2D eigenvalue weighted by atomic mass is 9.88. The Bertz CT molecular complexity index is 1320. The van der Waals surface area contributed by atoms with Crippen molar-refractivity contribution in [2.45, 2.75) is 31.7 Å². The molecule has 1 fully saturated rings. The zero-order valence-corrected chi connectivity index (χ0v) is 20.0. The molecule has 1 aromatic carbocycles. The Morgan fingerprint density at radius 3 is 2.47 bits per heavy atom. The standard InChI is InChI=1S/C28H30N6/c1-19(34-14-11-22(12-15-34)21-6-4-20(17-29)5-7-21)27-16-25-24(10-13-31-28(25)33(27)3)26-9-8-23(30-2)18-32-26/h4-10,13,16,18-19,22,30H,11-12,14-15H2,1-3H3/t19-/m0/s1. The van der Waals surface area contributed by atoms with Gasteiger partial charge in [-0.2, -0.15) is 5.26 Å². The van der Waals surface area contributed by atoms with Gasteiger partial charge < -0.3 is 9.88 Å². The predicted octanol–water partition coefficient (Wildman–Crippen LogP) is 5.49. The molecule has 3 aromatic heterocycles. The number of aromatic nitrogens is 3. The van der Waals surface area contributed by atoms with Crippen LogP contribution >= 0.6 is 0 Å². The van der Waals surface area contributed by atoms with Crippen LogP contribution in [-0.4, -0.2) is 39.6 Å². The quantitative estimate of drug-likeness (QED) is 0.435. The number of anilines is 1. The molecule has 1 aliphatic rings. The fraction of sp³-hybridized carbons (Fsp3) is 0.321. The van der Waals surface area contributed by atoms with Crippen LogP contribution in [0.3, 0.4) is 0 Å². The highest BCUT2D eigenvalue weighted by atomic mass is 15.2. The molecule has 1 atom stereocenters. The van der Waals surface area contributed by atoms with Crippen molar-refractivity contribution in [3.8, 4) is 17.3 Å². The summed E-state index contributed by atoms with van der Waals surface area (Å²) in [7, 11) is 4.02. The first-order valence-corrected chi connectivity index (χ1v) is 11.9. The van der Waals surface area contributed by atoms with Gasteiger partial charge in [0.1, 0.15) is 5.65 Å². The van der Waals surface area contributed by atoms with E-state index in [1.165, 1.54) is 11.3 Å². The average Bonchev–Trinajstić information content (AvgIpc) is 3.25. The van der Waals surface area contributed by atoms with E-state index in [9.17, 15) is 0 Å². The maximum Gasteiger partial charge on any atom is 0.140 e. The lowest BCUT2D eigenvalue weighted by molar-refractivity contribution is 0.158. The van der Waals surface area contributed by atoms with E-state index in [4.69, 9.17) is 10.2 Å². The zero-order chi connectivity index (χ0) is 23.7. The number of benzene rings is 1. The average molecular weight is 451 g/mol. The van der Waals surface area contributed by atoms with Gasteiger partial charge in [0.05, 0.1) is 29.2 Å². The highest BCUT2D eigenvalue weighted by Gasteiger charge is 2.27. The SMILES string of the molecule is CNc1ccc(-c2ccnc3c2cc([C@H](C)N2CCC(c4ccc(C#N)cc4)CC2)n3C)nc1. The first kappa shape index (κ1) is 22.1. The van der Waals surface area contributed by atoms with E-state index in [-0.39, 0.29) is 0 Å². The molecule has 0 unspecified atom stereocenters. The molecule has 0 radical (unpaired) electrons.